The molecule has 332 valence electrons. The fourth-order valence-electron chi connectivity index (χ4n) is 7.90. The average molecular weight is 869 g/mol. The summed E-state index contributed by atoms with van der Waals surface area (Å²) in [5, 5.41) is 34.6. The van der Waals surface area contributed by atoms with E-state index in [0.29, 0.717) is 54.2 Å². The summed E-state index contributed by atoms with van der Waals surface area (Å²) in [6, 6.07) is 0. The van der Waals surface area contributed by atoms with Gasteiger partial charge >= 0.3 is 29.0 Å². The molecule has 1 aliphatic heterocycles. The van der Waals surface area contributed by atoms with E-state index in [9.17, 15) is 29.7 Å². The molecule has 4 rings (SSSR count). The van der Waals surface area contributed by atoms with Gasteiger partial charge in [0, 0.05) is 12.8 Å². The number of carbonyl (C=O) groups excluding carboxylic acids is 1. The van der Waals surface area contributed by atoms with E-state index >= 15 is 0 Å². The molecular weight excluding hydrogens is 796 g/mol. The van der Waals surface area contributed by atoms with Crippen LogP contribution < -0.4 is 15.0 Å². The van der Waals surface area contributed by atoms with Crippen molar-refractivity contribution in [2.75, 3.05) is 6.54 Å². The number of hydrogen-bond donors (Lipinski definition) is 3. The molecule has 3 N–H and O–H groups in total. The van der Waals surface area contributed by atoms with Crippen molar-refractivity contribution in [1.82, 2.24) is 15.0 Å². The van der Waals surface area contributed by atoms with Gasteiger partial charge in [-0.2, -0.15) is 35.2 Å². The first-order chi connectivity index (χ1) is 27.6. The van der Waals surface area contributed by atoms with Crippen molar-refractivity contribution >= 4 is 18.2 Å². The third-order valence-corrected chi connectivity index (χ3v) is 11.4. The number of aliphatic hydroxyl groups is 1. The number of carboxylic acid groups (broad SMARTS) is 2. The Morgan fingerprint density at radius 1 is 0.883 bits per heavy atom. The molecular formula is C49H72FeN4O6. The van der Waals surface area contributed by atoms with Gasteiger partial charge in [0.15, 0.2) is 0 Å². The summed E-state index contributed by atoms with van der Waals surface area (Å²) < 4.78 is 0. The van der Waals surface area contributed by atoms with Crippen LogP contribution >= 0.6 is 0 Å². The smallest absolute Gasteiger partial charge is 0.687 e. The second-order valence-electron chi connectivity index (χ2n) is 16.5. The number of rotatable bonds is 23. The molecule has 3 atom stereocenters. The molecule has 0 bridgehead atoms. The summed E-state index contributed by atoms with van der Waals surface area (Å²) in [6.45, 7) is 19.4. The number of aliphatic hydroxyl groups excluding tert-OH is 1. The van der Waals surface area contributed by atoms with Crippen LogP contribution in [0.2, 0.25) is 0 Å². The molecule has 0 spiro atoms. The van der Waals surface area contributed by atoms with Gasteiger partial charge < -0.3 is 35.6 Å². The third kappa shape index (κ3) is 16.8. The molecule has 0 aliphatic carbocycles. The Hall–Kier alpha value is -4.05. The van der Waals surface area contributed by atoms with Gasteiger partial charge in [-0.25, -0.2) is 0 Å². The first-order valence-corrected chi connectivity index (χ1v) is 21.2. The largest absolute Gasteiger partial charge is 4.00 e. The molecule has 1 aliphatic rings. The van der Waals surface area contributed by atoms with Gasteiger partial charge in [0.2, 0.25) is 0 Å². The fraction of sp³-hybridized carbons (Fsp3) is 0.571. The maximum atomic E-state index is 12.5. The Morgan fingerprint density at radius 3 is 2.15 bits per heavy atom. The minimum atomic E-state index is -0.967. The summed E-state index contributed by atoms with van der Waals surface area (Å²) in [5.41, 5.74) is 12.6. The second kappa shape index (κ2) is 27.0. The molecule has 0 saturated heterocycles. The van der Waals surface area contributed by atoms with Crippen LogP contribution in [0.4, 0.5) is 0 Å². The molecule has 3 aromatic heterocycles. The number of aliphatic carboxylic acids is 2. The van der Waals surface area contributed by atoms with Crippen LogP contribution in [0.5, 0.6) is 0 Å². The monoisotopic (exact) mass is 868 g/mol. The molecule has 10 nitrogen and oxygen atoms in total. The number of carboxylic acids is 2. The molecule has 11 heteroatoms. The molecule has 2 unspecified atom stereocenters. The van der Waals surface area contributed by atoms with Crippen molar-refractivity contribution in [3.63, 3.8) is 0 Å². The van der Waals surface area contributed by atoms with Gasteiger partial charge in [-0.1, -0.05) is 99.1 Å². The van der Waals surface area contributed by atoms with Gasteiger partial charge in [-0.3, -0.25) is 14.4 Å². The van der Waals surface area contributed by atoms with E-state index in [2.05, 4.69) is 64.0 Å². The number of aromatic nitrogens is 3. The molecule has 60 heavy (non-hydrogen) atoms. The summed E-state index contributed by atoms with van der Waals surface area (Å²) >= 11 is 0. The summed E-state index contributed by atoms with van der Waals surface area (Å²) in [7, 11) is 0. The van der Waals surface area contributed by atoms with E-state index in [4.69, 9.17) is 9.97 Å². The van der Waals surface area contributed by atoms with Crippen LogP contribution in [-0.4, -0.2) is 40.1 Å². The SMILES string of the molecule is C.CC(C)=CCC/C(C)=C/CCC(C)CCC[C@H](O)c1c(C)[n-]c(Cc2[n-]c(CC3=C(CCC(=O)O)C(C)C[N-]3)c(CCC(=O)O)c2C=O)c1C.CCc1c[n-]cc1C.[Fe+4]. The standard InChI is InChI=1S/C41H59N3O6.C7H10N.CH4.Fe/c1-25(2)11-8-12-26(3)13-9-14-27(4)15-10-16-38(46)41-29(6)34(43-30(41)7)21-37-33(24-45)32(18-20-40(49)50)36(44-37)22-35-31(17-19-39(47)48)28(5)23-42-35;1-3-7-5-8-4-6(7)2;;/h11,13,24,27-28,38,46H,8-10,12,14-23H2,1-7H3,(H3,44,45,47,48,49,50);4-5H,3H2,1-2H3;1H4;/q-2;-1;;+4/p-1/b26-13+;;;/t27?,28?,38-;;;/m0.../s1. The number of aldehydes is 1. The number of nitrogens with zero attached hydrogens (tertiary/aromatic N) is 4. The van der Waals surface area contributed by atoms with E-state index in [0.717, 1.165) is 85.0 Å². The van der Waals surface area contributed by atoms with E-state index in [-0.39, 0.29) is 56.1 Å². The Balaban J connectivity index is 0.00000161. The molecule has 0 radical (unpaired) electrons. The van der Waals surface area contributed by atoms with Crippen LogP contribution in [0, 0.1) is 32.6 Å². The van der Waals surface area contributed by atoms with Gasteiger partial charge in [-0.05, 0) is 122 Å². The van der Waals surface area contributed by atoms with Gasteiger partial charge in [0.1, 0.15) is 6.29 Å². The van der Waals surface area contributed by atoms with Crippen molar-refractivity contribution in [1.29, 1.82) is 0 Å². The number of aryl methyl sites for hydroxylation is 3. The Bertz CT molecular complexity index is 1910. The topological polar surface area (TPSA) is 168 Å². The van der Waals surface area contributed by atoms with Crippen LogP contribution in [0.1, 0.15) is 180 Å². The van der Waals surface area contributed by atoms with Crippen molar-refractivity contribution in [2.24, 2.45) is 11.8 Å². The normalized spacial score (nSPS) is 14.6. The van der Waals surface area contributed by atoms with Gasteiger partial charge in [0.25, 0.3) is 0 Å². The zero-order valence-electron chi connectivity index (χ0n) is 36.9. The maximum absolute atomic E-state index is 12.5. The van der Waals surface area contributed by atoms with E-state index < -0.39 is 18.0 Å². The zero-order chi connectivity index (χ0) is 42.9. The number of carbonyl (C=O) groups is 3. The zero-order valence-corrected chi connectivity index (χ0v) is 38.0. The number of hydrogen-bond acceptors (Lipinski definition) is 4. The minimum absolute atomic E-state index is 0. The Morgan fingerprint density at radius 2 is 1.57 bits per heavy atom. The van der Waals surface area contributed by atoms with Gasteiger partial charge in [-0.15, -0.1) is 12.2 Å². The Kier molecular flexibility index (Phi) is 24.3. The van der Waals surface area contributed by atoms with Crippen molar-refractivity contribution < 1.29 is 46.8 Å². The molecule has 0 fully saturated rings. The predicted molar refractivity (Wildman–Crippen MR) is 238 cm³/mol. The molecule has 0 saturated carbocycles. The summed E-state index contributed by atoms with van der Waals surface area (Å²) in [5.74, 6) is -1.15. The van der Waals surface area contributed by atoms with E-state index in [1.54, 1.807) is 0 Å². The Labute approximate surface area is 371 Å². The predicted octanol–water partition coefficient (Wildman–Crippen LogP) is 10.8. The molecule has 0 amide bonds. The van der Waals surface area contributed by atoms with Crippen LogP contribution in [-0.2, 0) is 52.3 Å². The van der Waals surface area contributed by atoms with Gasteiger partial charge in [0.05, 0.1) is 6.10 Å². The molecule has 3 aromatic rings. The van der Waals surface area contributed by atoms with E-state index in [1.165, 1.54) is 22.3 Å². The third-order valence-electron chi connectivity index (χ3n) is 11.4. The van der Waals surface area contributed by atoms with Crippen LogP contribution in [0.3, 0.4) is 0 Å². The van der Waals surface area contributed by atoms with Crippen molar-refractivity contribution in [3.8, 4) is 0 Å². The first kappa shape index (κ1) is 54.0. The van der Waals surface area contributed by atoms with Crippen molar-refractivity contribution in [3.05, 3.63) is 108 Å². The van der Waals surface area contributed by atoms with Crippen LogP contribution in [0.25, 0.3) is 5.32 Å². The summed E-state index contributed by atoms with van der Waals surface area (Å²) in [4.78, 5) is 48.9. The number of allylic oxidation sites excluding steroid dienone is 5. The molecule has 4 heterocycles. The second-order valence-corrected chi connectivity index (χ2v) is 16.5. The maximum Gasteiger partial charge on any atom is 4.00 e. The molecule has 0 aromatic carbocycles. The summed E-state index contributed by atoms with van der Waals surface area (Å²) in [6.07, 6.45) is 17.7. The van der Waals surface area contributed by atoms with E-state index in [1.807, 2.05) is 33.2 Å². The first-order valence-electron chi connectivity index (χ1n) is 21.2. The quantitative estimate of drug-likeness (QED) is 0.0477. The average Bonchev–Trinajstić information content (AvgIpc) is 3.90. The fourth-order valence-corrected chi connectivity index (χ4v) is 7.90. The van der Waals surface area contributed by atoms with Crippen molar-refractivity contribution in [2.45, 2.75) is 166 Å². The van der Waals surface area contributed by atoms with Crippen LogP contribution in [0.15, 0.2) is 47.0 Å². The minimum Gasteiger partial charge on any atom is -0.687 e.